The number of aryl methyl sites for hydroxylation is 1. The highest BCUT2D eigenvalue weighted by Gasteiger charge is 2.19. The van der Waals surface area contributed by atoms with Gasteiger partial charge in [-0.3, -0.25) is 9.59 Å². The molecule has 1 N–H and O–H groups in total. The normalized spacial score (nSPS) is 10.6. The van der Waals surface area contributed by atoms with Crippen molar-refractivity contribution < 1.29 is 19.4 Å². The summed E-state index contributed by atoms with van der Waals surface area (Å²) in [4.78, 5) is 28.1. The number of carbonyl (C=O) groups is 2. The molecule has 5 nitrogen and oxygen atoms in total. The molecule has 1 aromatic carbocycles. The van der Waals surface area contributed by atoms with E-state index < -0.39 is 11.8 Å². The van der Waals surface area contributed by atoms with Crippen LogP contribution in [0.3, 0.4) is 0 Å². The first-order chi connectivity index (χ1) is 12.3. The summed E-state index contributed by atoms with van der Waals surface area (Å²) in [7, 11) is 0. The minimum Gasteiger partial charge on any atom is -0.504 e. The number of carbonyl (C=O) groups excluding carboxylic acids is 2. The molecule has 2 rings (SSSR count). The molecular weight excluding hydrogens is 422 g/mol. The lowest BCUT2D eigenvalue weighted by molar-refractivity contribution is -0.143. The minimum atomic E-state index is -0.456. The highest BCUT2D eigenvalue weighted by molar-refractivity contribution is 9.10. The van der Waals surface area contributed by atoms with Gasteiger partial charge in [-0.2, -0.15) is 0 Å². The number of aromatic nitrogens is 1. The first-order valence-corrected chi connectivity index (χ1v) is 9.31. The molecule has 1 heterocycles. The molecule has 0 radical (unpaired) electrons. The van der Waals surface area contributed by atoms with E-state index in [1.54, 1.807) is 19.1 Å². The molecular formula is C19H19BrClNO4. The highest BCUT2D eigenvalue weighted by Crippen LogP contribution is 2.30. The van der Waals surface area contributed by atoms with Crippen molar-refractivity contribution in [2.45, 2.75) is 33.1 Å². The molecule has 0 fully saturated rings. The second-order valence-electron chi connectivity index (χ2n) is 5.73. The van der Waals surface area contributed by atoms with Gasteiger partial charge in [-0.15, -0.1) is 0 Å². The van der Waals surface area contributed by atoms with Crippen molar-refractivity contribution in [3.63, 3.8) is 0 Å². The van der Waals surface area contributed by atoms with Crippen molar-refractivity contribution >= 4 is 39.3 Å². The molecule has 138 valence electrons. The van der Waals surface area contributed by atoms with Crippen LogP contribution >= 0.6 is 27.5 Å². The molecule has 0 unspecified atom stereocenters. The predicted molar refractivity (Wildman–Crippen MR) is 103 cm³/mol. The Kier molecular flexibility index (Phi) is 7.17. The van der Waals surface area contributed by atoms with Gasteiger partial charge in [0.2, 0.25) is 0 Å². The molecule has 0 atom stereocenters. The maximum Gasteiger partial charge on any atom is 0.306 e. The van der Waals surface area contributed by atoms with Crippen LogP contribution in [0.5, 0.6) is 5.75 Å². The lowest BCUT2D eigenvalue weighted by atomic mass is 10.0. The van der Waals surface area contributed by atoms with Crippen LogP contribution in [0.2, 0.25) is 5.02 Å². The number of ether oxygens (including phenoxy) is 1. The van der Waals surface area contributed by atoms with E-state index in [1.807, 2.05) is 19.1 Å². The van der Waals surface area contributed by atoms with Gasteiger partial charge in [-0.05, 0) is 53.0 Å². The van der Waals surface area contributed by atoms with E-state index in [4.69, 9.17) is 16.3 Å². The van der Waals surface area contributed by atoms with Gasteiger partial charge in [0, 0.05) is 23.6 Å². The summed E-state index contributed by atoms with van der Waals surface area (Å²) in [6.45, 7) is 3.90. The van der Waals surface area contributed by atoms with Crippen LogP contribution in [0.25, 0.3) is 0 Å². The van der Waals surface area contributed by atoms with Gasteiger partial charge in [-0.25, -0.2) is 4.98 Å². The zero-order valence-electron chi connectivity index (χ0n) is 14.5. The van der Waals surface area contributed by atoms with E-state index in [9.17, 15) is 14.7 Å². The van der Waals surface area contributed by atoms with Gasteiger partial charge in [0.25, 0.3) is 0 Å². The summed E-state index contributed by atoms with van der Waals surface area (Å²) in [6.07, 6.45) is 0.280. The van der Waals surface area contributed by atoms with E-state index >= 15 is 0 Å². The third-order valence-corrected chi connectivity index (χ3v) is 4.79. The largest absolute Gasteiger partial charge is 0.504 e. The standard InChI is InChI=1S/C19H19BrClNO4/c1-3-26-17(24)8-7-16(23)18-19(25)14(20)10-12(22-18)9-13-11(2)5-4-6-15(13)21/h4-6,10,25H,3,7-9H2,1-2H3. The Labute approximate surface area is 165 Å². The van der Waals surface area contributed by atoms with Crippen LogP contribution in [-0.2, 0) is 16.0 Å². The van der Waals surface area contributed by atoms with Crippen molar-refractivity contribution in [1.29, 1.82) is 0 Å². The fraction of sp³-hybridized carbons (Fsp3) is 0.316. The molecule has 7 heteroatoms. The molecule has 0 spiro atoms. The number of Topliss-reactive ketones (excluding diaryl/α,β-unsaturated/α-hetero) is 1. The number of nitrogens with zero attached hydrogens (tertiary/aromatic N) is 1. The molecule has 0 saturated carbocycles. The first-order valence-electron chi connectivity index (χ1n) is 8.14. The molecule has 0 bridgehead atoms. The summed E-state index contributed by atoms with van der Waals surface area (Å²) in [5.41, 5.74) is 2.44. The maximum atomic E-state index is 12.4. The van der Waals surface area contributed by atoms with Crippen molar-refractivity contribution in [2.75, 3.05) is 6.61 Å². The maximum absolute atomic E-state index is 12.4. The van der Waals surface area contributed by atoms with Crippen LogP contribution in [0.15, 0.2) is 28.7 Å². The van der Waals surface area contributed by atoms with Crippen molar-refractivity contribution in [3.05, 3.63) is 56.3 Å². The summed E-state index contributed by atoms with van der Waals surface area (Å²) < 4.78 is 5.18. The Bertz CT molecular complexity index is 818. The Morgan fingerprint density at radius 3 is 2.69 bits per heavy atom. The summed E-state index contributed by atoms with van der Waals surface area (Å²) in [6, 6.07) is 7.26. The number of hydrogen-bond donors (Lipinski definition) is 1. The topological polar surface area (TPSA) is 76.5 Å². The summed E-state index contributed by atoms with van der Waals surface area (Å²) in [5, 5.41) is 10.8. The predicted octanol–water partition coefficient (Wildman–Crippen LogP) is 4.63. The Morgan fingerprint density at radius 1 is 1.31 bits per heavy atom. The molecule has 0 saturated heterocycles. The summed E-state index contributed by atoms with van der Waals surface area (Å²) in [5.74, 6) is -1.12. The zero-order chi connectivity index (χ0) is 19.3. The first kappa shape index (κ1) is 20.4. The lowest BCUT2D eigenvalue weighted by Crippen LogP contribution is -2.10. The number of aromatic hydroxyl groups is 1. The molecule has 0 amide bonds. The fourth-order valence-corrected chi connectivity index (χ4v) is 3.22. The van der Waals surface area contributed by atoms with Crippen LogP contribution in [0.4, 0.5) is 0 Å². The van der Waals surface area contributed by atoms with E-state index in [1.165, 1.54) is 0 Å². The smallest absolute Gasteiger partial charge is 0.306 e. The third kappa shape index (κ3) is 5.05. The third-order valence-electron chi connectivity index (χ3n) is 3.84. The van der Waals surface area contributed by atoms with Crippen molar-refractivity contribution in [1.82, 2.24) is 4.98 Å². The fourth-order valence-electron chi connectivity index (χ4n) is 2.48. The average Bonchev–Trinajstić information content (AvgIpc) is 2.59. The SMILES string of the molecule is CCOC(=O)CCC(=O)c1nc(Cc2c(C)cccc2Cl)cc(Br)c1O. The Morgan fingerprint density at radius 2 is 2.04 bits per heavy atom. The van der Waals surface area contributed by atoms with Crippen molar-refractivity contribution in [3.8, 4) is 5.75 Å². The lowest BCUT2D eigenvalue weighted by Gasteiger charge is -2.11. The quantitative estimate of drug-likeness (QED) is 0.502. The number of rotatable bonds is 7. The number of halogens is 2. The van der Waals surface area contributed by atoms with Gasteiger partial charge >= 0.3 is 5.97 Å². The molecule has 0 aliphatic heterocycles. The number of ketones is 1. The van der Waals surface area contributed by atoms with Crippen molar-refractivity contribution in [2.24, 2.45) is 0 Å². The van der Waals surface area contributed by atoms with Gasteiger partial charge in [-0.1, -0.05) is 23.7 Å². The monoisotopic (exact) mass is 439 g/mol. The van der Waals surface area contributed by atoms with E-state index in [0.717, 1.165) is 11.1 Å². The average molecular weight is 441 g/mol. The molecule has 26 heavy (non-hydrogen) atoms. The van der Waals surface area contributed by atoms with Crippen LogP contribution in [0, 0.1) is 6.92 Å². The van der Waals surface area contributed by atoms with E-state index in [-0.39, 0.29) is 30.9 Å². The zero-order valence-corrected chi connectivity index (χ0v) is 16.9. The van der Waals surface area contributed by atoms with Gasteiger partial charge in [0.05, 0.1) is 17.5 Å². The molecule has 0 aliphatic rings. The van der Waals surface area contributed by atoms with Crippen LogP contribution in [0.1, 0.15) is 47.1 Å². The molecule has 0 aliphatic carbocycles. The molecule has 2 aromatic rings. The molecule has 1 aromatic heterocycles. The minimum absolute atomic E-state index is 0.0563. The van der Waals surface area contributed by atoms with E-state index in [0.29, 0.717) is 21.6 Å². The Hall–Kier alpha value is -1.92. The Balaban J connectivity index is 2.26. The van der Waals surface area contributed by atoms with Crippen LogP contribution < -0.4 is 0 Å². The second kappa shape index (κ2) is 9.14. The summed E-state index contributed by atoms with van der Waals surface area (Å²) >= 11 is 9.51. The highest BCUT2D eigenvalue weighted by atomic mass is 79.9. The van der Waals surface area contributed by atoms with Gasteiger partial charge < -0.3 is 9.84 Å². The number of hydrogen-bond acceptors (Lipinski definition) is 5. The number of benzene rings is 1. The number of esters is 1. The van der Waals surface area contributed by atoms with Crippen LogP contribution in [-0.4, -0.2) is 28.4 Å². The van der Waals surface area contributed by atoms with Gasteiger partial charge in [0.15, 0.2) is 11.5 Å². The van der Waals surface area contributed by atoms with Gasteiger partial charge in [0.1, 0.15) is 5.69 Å². The van der Waals surface area contributed by atoms with E-state index in [2.05, 4.69) is 20.9 Å². The second-order valence-corrected chi connectivity index (χ2v) is 6.99. The number of pyridine rings is 1.